The maximum Gasteiger partial charge on any atom is 0.150 e. The standard InChI is InChI=1S/C13H24N2O2S/c16-18(17)8-4-12(11-18)9-14-6-7-15-5-2-1-3-13(15)10-14/h12-13H,1-11H2. The van der Waals surface area contributed by atoms with Gasteiger partial charge < -0.3 is 4.90 Å². The minimum atomic E-state index is -2.71. The van der Waals surface area contributed by atoms with Gasteiger partial charge in [-0.1, -0.05) is 6.42 Å². The van der Waals surface area contributed by atoms with E-state index in [0.717, 1.165) is 32.1 Å². The third kappa shape index (κ3) is 2.89. The molecule has 2 atom stereocenters. The lowest BCUT2D eigenvalue weighted by Gasteiger charge is -2.44. The van der Waals surface area contributed by atoms with Gasteiger partial charge in [0.05, 0.1) is 11.5 Å². The van der Waals surface area contributed by atoms with Crippen molar-refractivity contribution in [1.82, 2.24) is 9.80 Å². The molecule has 0 aliphatic carbocycles. The van der Waals surface area contributed by atoms with Crippen LogP contribution in [0.15, 0.2) is 0 Å². The Bertz CT molecular complexity index is 396. The lowest BCUT2D eigenvalue weighted by atomic mass is 9.98. The molecule has 0 aromatic carbocycles. The SMILES string of the molecule is O=S1(=O)CCC(CN2CCN3CCCCC3C2)C1. The quantitative estimate of drug-likeness (QED) is 0.738. The molecular weight excluding hydrogens is 248 g/mol. The molecule has 3 saturated heterocycles. The van der Waals surface area contributed by atoms with Crippen molar-refractivity contribution >= 4 is 9.84 Å². The molecular formula is C13H24N2O2S. The molecule has 0 aromatic rings. The van der Waals surface area contributed by atoms with Crippen LogP contribution in [0.1, 0.15) is 25.7 Å². The zero-order valence-corrected chi connectivity index (χ0v) is 11.9. The molecule has 0 N–H and O–H groups in total. The molecule has 3 fully saturated rings. The summed E-state index contributed by atoms with van der Waals surface area (Å²) >= 11 is 0. The Hall–Kier alpha value is -0.130. The number of hydrogen-bond donors (Lipinski definition) is 0. The van der Waals surface area contributed by atoms with Gasteiger partial charge in [0.1, 0.15) is 0 Å². The number of piperazine rings is 1. The first kappa shape index (κ1) is 12.9. The maximum absolute atomic E-state index is 11.5. The lowest BCUT2D eigenvalue weighted by molar-refractivity contribution is 0.0434. The van der Waals surface area contributed by atoms with Crippen molar-refractivity contribution < 1.29 is 8.42 Å². The topological polar surface area (TPSA) is 40.6 Å². The molecule has 3 aliphatic heterocycles. The van der Waals surface area contributed by atoms with Crippen LogP contribution in [0, 0.1) is 5.92 Å². The van der Waals surface area contributed by atoms with Crippen molar-refractivity contribution in [3.8, 4) is 0 Å². The van der Waals surface area contributed by atoms with E-state index >= 15 is 0 Å². The number of rotatable bonds is 2. The summed E-state index contributed by atoms with van der Waals surface area (Å²) in [6.07, 6.45) is 4.94. The predicted octanol–water partition coefficient (Wildman–Crippen LogP) is 0.591. The summed E-state index contributed by atoms with van der Waals surface area (Å²) in [5.74, 6) is 1.24. The Kier molecular flexibility index (Phi) is 3.65. The van der Waals surface area contributed by atoms with Crippen molar-refractivity contribution in [1.29, 1.82) is 0 Å². The highest BCUT2D eigenvalue weighted by Crippen LogP contribution is 2.24. The fraction of sp³-hybridized carbons (Fsp3) is 1.00. The largest absolute Gasteiger partial charge is 0.300 e. The van der Waals surface area contributed by atoms with Gasteiger partial charge in [-0.2, -0.15) is 0 Å². The van der Waals surface area contributed by atoms with Gasteiger partial charge in [0.25, 0.3) is 0 Å². The predicted molar refractivity (Wildman–Crippen MR) is 72.4 cm³/mol. The van der Waals surface area contributed by atoms with Crippen LogP contribution in [0.4, 0.5) is 0 Å². The van der Waals surface area contributed by atoms with Gasteiger partial charge in [-0.05, 0) is 31.7 Å². The first-order valence-electron chi connectivity index (χ1n) is 7.29. The summed E-state index contributed by atoms with van der Waals surface area (Å²) < 4.78 is 23.0. The van der Waals surface area contributed by atoms with Gasteiger partial charge in [-0.3, -0.25) is 4.90 Å². The summed E-state index contributed by atoms with van der Waals surface area (Å²) in [6, 6.07) is 0.741. The van der Waals surface area contributed by atoms with Crippen molar-refractivity contribution in [2.24, 2.45) is 5.92 Å². The Morgan fingerprint density at radius 2 is 1.94 bits per heavy atom. The Morgan fingerprint density at radius 1 is 1.06 bits per heavy atom. The molecule has 3 rings (SSSR count). The molecule has 0 aromatic heterocycles. The third-order valence-corrected chi connectivity index (χ3v) is 6.60. The van der Waals surface area contributed by atoms with Gasteiger partial charge in [0.15, 0.2) is 9.84 Å². The van der Waals surface area contributed by atoms with E-state index in [0.29, 0.717) is 17.4 Å². The van der Waals surface area contributed by atoms with E-state index in [1.165, 1.54) is 32.4 Å². The van der Waals surface area contributed by atoms with E-state index in [9.17, 15) is 8.42 Å². The van der Waals surface area contributed by atoms with Crippen molar-refractivity contribution in [2.75, 3.05) is 44.2 Å². The zero-order chi connectivity index (χ0) is 12.6. The summed E-state index contributed by atoms with van der Waals surface area (Å²) in [5.41, 5.74) is 0. The second-order valence-corrected chi connectivity index (χ2v) is 8.44. The number of sulfone groups is 1. The maximum atomic E-state index is 11.5. The summed E-state index contributed by atoms with van der Waals surface area (Å²) in [4.78, 5) is 5.14. The van der Waals surface area contributed by atoms with Crippen LogP contribution in [0.3, 0.4) is 0 Å². The molecule has 3 aliphatic rings. The van der Waals surface area contributed by atoms with E-state index in [2.05, 4.69) is 9.80 Å². The highest BCUT2D eigenvalue weighted by molar-refractivity contribution is 7.91. The summed E-state index contributed by atoms with van der Waals surface area (Å²) in [6.45, 7) is 5.76. The molecule has 0 amide bonds. The molecule has 0 bridgehead atoms. The molecule has 3 heterocycles. The van der Waals surface area contributed by atoms with Crippen molar-refractivity contribution in [2.45, 2.75) is 31.7 Å². The van der Waals surface area contributed by atoms with Crippen LogP contribution in [-0.4, -0.2) is 68.5 Å². The minimum Gasteiger partial charge on any atom is -0.300 e. The lowest BCUT2D eigenvalue weighted by Crippen LogP contribution is -2.55. The highest BCUT2D eigenvalue weighted by Gasteiger charge is 2.33. The number of nitrogens with zero attached hydrogens (tertiary/aromatic N) is 2. The van der Waals surface area contributed by atoms with Gasteiger partial charge in [0, 0.05) is 32.2 Å². The molecule has 0 radical (unpaired) electrons. The average Bonchev–Trinajstić information content (AvgIpc) is 2.68. The highest BCUT2D eigenvalue weighted by atomic mass is 32.2. The van der Waals surface area contributed by atoms with Gasteiger partial charge in [0.2, 0.25) is 0 Å². The van der Waals surface area contributed by atoms with Gasteiger partial charge in [-0.25, -0.2) is 8.42 Å². The van der Waals surface area contributed by atoms with Crippen LogP contribution < -0.4 is 0 Å². The molecule has 0 spiro atoms. The molecule has 4 nitrogen and oxygen atoms in total. The number of hydrogen-bond acceptors (Lipinski definition) is 4. The third-order valence-electron chi connectivity index (χ3n) is 4.76. The zero-order valence-electron chi connectivity index (χ0n) is 11.1. The van der Waals surface area contributed by atoms with Crippen LogP contribution in [0.25, 0.3) is 0 Å². The van der Waals surface area contributed by atoms with E-state index in [1.807, 2.05) is 0 Å². The van der Waals surface area contributed by atoms with E-state index < -0.39 is 9.84 Å². The molecule has 2 unspecified atom stereocenters. The normalized spacial score (nSPS) is 37.6. The van der Waals surface area contributed by atoms with Crippen LogP contribution in [-0.2, 0) is 9.84 Å². The Balaban J connectivity index is 1.52. The second kappa shape index (κ2) is 5.10. The first-order chi connectivity index (χ1) is 8.62. The van der Waals surface area contributed by atoms with Gasteiger partial charge in [-0.15, -0.1) is 0 Å². The Labute approximate surface area is 110 Å². The van der Waals surface area contributed by atoms with Crippen LogP contribution >= 0.6 is 0 Å². The van der Waals surface area contributed by atoms with Crippen LogP contribution in [0.5, 0.6) is 0 Å². The number of fused-ring (bicyclic) bond motifs is 1. The van der Waals surface area contributed by atoms with Crippen molar-refractivity contribution in [3.05, 3.63) is 0 Å². The molecule has 18 heavy (non-hydrogen) atoms. The molecule has 0 saturated carbocycles. The van der Waals surface area contributed by atoms with E-state index in [4.69, 9.17) is 0 Å². The molecule has 104 valence electrons. The van der Waals surface area contributed by atoms with Crippen LogP contribution in [0.2, 0.25) is 0 Å². The second-order valence-electron chi connectivity index (χ2n) is 6.21. The fourth-order valence-corrected chi connectivity index (χ4v) is 5.62. The summed E-state index contributed by atoms with van der Waals surface area (Å²) in [7, 11) is -2.71. The van der Waals surface area contributed by atoms with E-state index in [1.54, 1.807) is 0 Å². The fourth-order valence-electron chi connectivity index (χ4n) is 3.77. The Morgan fingerprint density at radius 3 is 2.72 bits per heavy atom. The van der Waals surface area contributed by atoms with Crippen molar-refractivity contribution in [3.63, 3.8) is 0 Å². The molecule has 5 heteroatoms. The average molecular weight is 272 g/mol. The minimum absolute atomic E-state index is 0.394. The first-order valence-corrected chi connectivity index (χ1v) is 9.11. The number of piperidine rings is 1. The summed E-state index contributed by atoms with van der Waals surface area (Å²) in [5, 5.41) is 0. The smallest absolute Gasteiger partial charge is 0.150 e. The van der Waals surface area contributed by atoms with E-state index in [-0.39, 0.29) is 0 Å². The van der Waals surface area contributed by atoms with Gasteiger partial charge >= 0.3 is 0 Å². The monoisotopic (exact) mass is 272 g/mol.